The van der Waals surface area contributed by atoms with E-state index in [0.29, 0.717) is 24.8 Å². The van der Waals surface area contributed by atoms with E-state index >= 15 is 0 Å². The van der Waals surface area contributed by atoms with Gasteiger partial charge in [-0.2, -0.15) is 0 Å². The highest BCUT2D eigenvalue weighted by Gasteiger charge is 2.65. The smallest absolute Gasteiger partial charge is 0.269 e. The molecule has 1 aliphatic heterocycles. The van der Waals surface area contributed by atoms with Gasteiger partial charge in [0.1, 0.15) is 0 Å². The molecular formula is C14H16N2O4. The number of nitro benzene ring substituents is 1. The number of hydrogen-bond acceptors (Lipinski definition) is 4. The number of carbonyl (C=O) groups is 1. The van der Waals surface area contributed by atoms with Crippen LogP contribution < -0.4 is 5.32 Å². The monoisotopic (exact) mass is 276 g/mol. The molecule has 1 saturated heterocycles. The van der Waals surface area contributed by atoms with E-state index in [2.05, 4.69) is 12.2 Å². The second kappa shape index (κ2) is 4.56. The molecule has 1 aromatic carbocycles. The molecule has 0 bridgehead atoms. The van der Waals surface area contributed by atoms with Crippen molar-refractivity contribution in [1.29, 1.82) is 0 Å². The first-order valence-corrected chi connectivity index (χ1v) is 6.65. The molecule has 1 heterocycles. The van der Waals surface area contributed by atoms with Gasteiger partial charge in [-0.1, -0.05) is 6.92 Å². The van der Waals surface area contributed by atoms with Gasteiger partial charge in [0, 0.05) is 36.3 Å². The van der Waals surface area contributed by atoms with Gasteiger partial charge in [0.25, 0.3) is 5.69 Å². The predicted octanol–water partition coefficient (Wildman–Crippen LogP) is 2.21. The number of anilines is 1. The number of rotatable bonds is 3. The minimum Gasteiger partial charge on any atom is -0.381 e. The van der Waals surface area contributed by atoms with Crippen LogP contribution in [0.25, 0.3) is 0 Å². The molecule has 2 aliphatic rings. The summed E-state index contributed by atoms with van der Waals surface area (Å²) in [5.41, 5.74) is 0.667. The molecule has 20 heavy (non-hydrogen) atoms. The molecule has 2 fully saturated rings. The molecule has 0 radical (unpaired) electrons. The quantitative estimate of drug-likeness (QED) is 0.677. The Balaban J connectivity index is 1.66. The van der Waals surface area contributed by atoms with Crippen LogP contribution in [-0.2, 0) is 9.53 Å². The molecule has 3 unspecified atom stereocenters. The standard InChI is InChI=1S/C14H16N2O4/c1-14-6-7-20-8-11(14)12(14)13(17)15-9-2-4-10(5-3-9)16(18)19/h2-5,11-12H,6-8H2,1H3,(H,15,17). The van der Waals surface area contributed by atoms with Gasteiger partial charge in [0.2, 0.25) is 5.91 Å². The highest BCUT2D eigenvalue weighted by Crippen LogP contribution is 2.62. The molecule has 0 aromatic heterocycles. The average Bonchev–Trinajstić information content (AvgIpc) is 3.05. The van der Waals surface area contributed by atoms with E-state index in [1.165, 1.54) is 12.1 Å². The summed E-state index contributed by atoms with van der Waals surface area (Å²) < 4.78 is 5.41. The Morgan fingerprint density at radius 3 is 2.70 bits per heavy atom. The average molecular weight is 276 g/mol. The normalized spacial score (nSPS) is 31.2. The Morgan fingerprint density at radius 2 is 2.15 bits per heavy atom. The van der Waals surface area contributed by atoms with Crippen LogP contribution in [-0.4, -0.2) is 24.0 Å². The molecule has 1 amide bonds. The van der Waals surface area contributed by atoms with Gasteiger partial charge in [-0.25, -0.2) is 0 Å². The van der Waals surface area contributed by atoms with E-state index < -0.39 is 4.92 Å². The van der Waals surface area contributed by atoms with Crippen molar-refractivity contribution in [3.05, 3.63) is 34.4 Å². The first kappa shape index (κ1) is 13.1. The number of nitro groups is 1. The van der Waals surface area contributed by atoms with Crippen molar-refractivity contribution in [2.24, 2.45) is 17.3 Å². The second-order valence-electron chi connectivity index (χ2n) is 5.71. The van der Waals surface area contributed by atoms with Crippen LogP contribution in [0.15, 0.2) is 24.3 Å². The van der Waals surface area contributed by atoms with E-state index in [1.54, 1.807) is 12.1 Å². The summed E-state index contributed by atoms with van der Waals surface area (Å²) in [7, 11) is 0. The second-order valence-corrected chi connectivity index (χ2v) is 5.71. The summed E-state index contributed by atoms with van der Waals surface area (Å²) in [4.78, 5) is 22.4. The minimum absolute atomic E-state index is 0.0137. The predicted molar refractivity (Wildman–Crippen MR) is 72.2 cm³/mol. The fourth-order valence-electron chi connectivity index (χ4n) is 3.16. The summed E-state index contributed by atoms with van der Waals surface area (Å²) in [6.45, 7) is 3.49. The maximum absolute atomic E-state index is 12.3. The highest BCUT2D eigenvalue weighted by molar-refractivity contribution is 5.95. The number of ether oxygens (including phenoxy) is 1. The largest absolute Gasteiger partial charge is 0.381 e. The van der Waals surface area contributed by atoms with Gasteiger partial charge < -0.3 is 10.1 Å². The molecular weight excluding hydrogens is 260 g/mol. The van der Waals surface area contributed by atoms with Crippen molar-refractivity contribution in [3.8, 4) is 0 Å². The summed E-state index contributed by atoms with van der Waals surface area (Å²) in [6.07, 6.45) is 0.913. The molecule has 0 spiro atoms. The van der Waals surface area contributed by atoms with Gasteiger partial charge in [-0.3, -0.25) is 14.9 Å². The summed E-state index contributed by atoms with van der Waals surface area (Å²) in [5.74, 6) is 0.270. The zero-order valence-corrected chi connectivity index (χ0v) is 11.2. The first-order valence-electron chi connectivity index (χ1n) is 6.65. The van der Waals surface area contributed by atoms with Gasteiger partial charge in [0.15, 0.2) is 0 Å². The van der Waals surface area contributed by atoms with Crippen LogP contribution in [0.5, 0.6) is 0 Å². The van der Waals surface area contributed by atoms with Crippen molar-refractivity contribution in [3.63, 3.8) is 0 Å². The lowest BCUT2D eigenvalue weighted by Gasteiger charge is -2.16. The number of hydrogen-bond donors (Lipinski definition) is 1. The van der Waals surface area contributed by atoms with Crippen LogP contribution in [0.1, 0.15) is 13.3 Å². The van der Waals surface area contributed by atoms with Crippen LogP contribution in [0.2, 0.25) is 0 Å². The number of nitrogens with zero attached hydrogens (tertiary/aromatic N) is 1. The Bertz CT molecular complexity index is 557. The highest BCUT2D eigenvalue weighted by atomic mass is 16.6. The molecule has 6 heteroatoms. The van der Waals surface area contributed by atoms with E-state index in [4.69, 9.17) is 4.74 Å². The fourth-order valence-corrected chi connectivity index (χ4v) is 3.16. The van der Waals surface area contributed by atoms with Crippen molar-refractivity contribution >= 4 is 17.3 Å². The topological polar surface area (TPSA) is 81.5 Å². The zero-order chi connectivity index (χ0) is 14.3. The molecule has 3 rings (SSSR count). The van der Waals surface area contributed by atoms with Crippen LogP contribution in [0, 0.1) is 27.4 Å². The van der Waals surface area contributed by atoms with Crippen LogP contribution in [0.4, 0.5) is 11.4 Å². The van der Waals surface area contributed by atoms with Crippen LogP contribution >= 0.6 is 0 Å². The van der Waals surface area contributed by atoms with Crippen LogP contribution in [0.3, 0.4) is 0 Å². The van der Waals surface area contributed by atoms with Gasteiger partial charge in [-0.05, 0) is 24.0 Å². The molecule has 1 aromatic rings. The number of benzene rings is 1. The zero-order valence-electron chi connectivity index (χ0n) is 11.2. The summed E-state index contributed by atoms with van der Waals surface area (Å²) >= 11 is 0. The van der Waals surface area contributed by atoms with E-state index in [9.17, 15) is 14.9 Å². The maximum atomic E-state index is 12.3. The molecule has 1 N–H and O–H groups in total. The number of carbonyl (C=O) groups excluding carboxylic acids is 1. The molecule has 1 saturated carbocycles. The van der Waals surface area contributed by atoms with Crippen molar-refractivity contribution in [2.45, 2.75) is 13.3 Å². The molecule has 6 nitrogen and oxygen atoms in total. The molecule has 106 valence electrons. The SMILES string of the molecule is CC12CCOCC1C2C(=O)Nc1ccc([N+](=O)[O-])cc1. The molecule has 3 atom stereocenters. The Hall–Kier alpha value is -1.95. The summed E-state index contributed by atoms with van der Waals surface area (Å²) in [5, 5.41) is 13.4. The Kier molecular flexibility index (Phi) is 2.97. The van der Waals surface area contributed by atoms with Gasteiger partial charge in [-0.15, -0.1) is 0 Å². The third-order valence-corrected chi connectivity index (χ3v) is 4.56. The number of non-ortho nitro benzene ring substituents is 1. The lowest BCUT2D eigenvalue weighted by Crippen LogP contribution is -2.18. The Morgan fingerprint density at radius 1 is 1.45 bits per heavy atom. The lowest BCUT2D eigenvalue weighted by atomic mass is 9.99. The van der Waals surface area contributed by atoms with E-state index in [0.717, 1.165) is 6.42 Å². The minimum atomic E-state index is -0.459. The van der Waals surface area contributed by atoms with Gasteiger partial charge in [0.05, 0.1) is 11.5 Å². The maximum Gasteiger partial charge on any atom is 0.269 e. The van der Waals surface area contributed by atoms with Gasteiger partial charge >= 0.3 is 0 Å². The molecule has 1 aliphatic carbocycles. The number of nitrogens with one attached hydrogen (secondary N) is 1. The van der Waals surface area contributed by atoms with E-state index in [1.807, 2.05) is 0 Å². The number of amides is 1. The van der Waals surface area contributed by atoms with Crippen molar-refractivity contribution < 1.29 is 14.5 Å². The third kappa shape index (κ3) is 2.06. The van der Waals surface area contributed by atoms with Crippen molar-refractivity contribution in [2.75, 3.05) is 18.5 Å². The first-order chi connectivity index (χ1) is 9.52. The Labute approximate surface area is 116 Å². The number of fused-ring (bicyclic) bond motifs is 1. The van der Waals surface area contributed by atoms with Crippen molar-refractivity contribution in [1.82, 2.24) is 0 Å². The van der Waals surface area contributed by atoms with E-state index in [-0.39, 0.29) is 22.9 Å². The lowest BCUT2D eigenvalue weighted by molar-refractivity contribution is -0.384. The third-order valence-electron chi connectivity index (χ3n) is 4.56. The fraction of sp³-hybridized carbons (Fsp3) is 0.500. The summed E-state index contributed by atoms with van der Waals surface area (Å²) in [6, 6.07) is 5.89.